The number of hydrogen-bond donors (Lipinski definition) is 1. The van der Waals surface area contributed by atoms with Crippen LogP contribution in [-0.2, 0) is 26.4 Å². The highest BCUT2D eigenvalue weighted by atomic mass is 32.2. The summed E-state index contributed by atoms with van der Waals surface area (Å²) in [4.78, 5) is 26.8. The molecule has 1 saturated heterocycles. The van der Waals surface area contributed by atoms with E-state index in [1.807, 2.05) is 0 Å². The zero-order valence-corrected chi connectivity index (χ0v) is 24.3. The number of sulfonamides is 1. The fourth-order valence-corrected chi connectivity index (χ4v) is 8.53. The SMILES string of the molecule is CC(=O)N1CCC2(CC1)c1cc(NC(=O)c3cc(F)ccc3C(F)(F)F)ccc1N(S(=O)(=O)c1ccc(F)cc1)C2C1CC1. The molecule has 3 aromatic rings. The Morgan fingerprint density at radius 3 is 2.14 bits per heavy atom. The molecule has 2 amide bonds. The molecule has 2 aliphatic heterocycles. The van der Waals surface area contributed by atoms with E-state index in [0.717, 1.165) is 25.0 Å². The normalized spacial score (nSPS) is 19.6. The molecule has 7 nitrogen and oxygen atoms in total. The van der Waals surface area contributed by atoms with Crippen molar-refractivity contribution in [1.29, 1.82) is 0 Å². The van der Waals surface area contributed by atoms with E-state index in [9.17, 15) is 40.0 Å². The van der Waals surface area contributed by atoms with Gasteiger partial charge in [0.25, 0.3) is 15.9 Å². The van der Waals surface area contributed by atoms with Crippen LogP contribution in [0, 0.1) is 17.6 Å². The van der Waals surface area contributed by atoms with E-state index in [4.69, 9.17) is 0 Å². The molecule has 1 aliphatic carbocycles. The number of hydrogen-bond acceptors (Lipinski definition) is 4. The third-order valence-electron chi connectivity index (χ3n) is 8.92. The van der Waals surface area contributed by atoms with Crippen molar-refractivity contribution < 1.29 is 40.0 Å². The van der Waals surface area contributed by atoms with E-state index < -0.39 is 56.3 Å². The number of likely N-dealkylation sites (tertiary alicyclic amines) is 1. The fraction of sp³-hybridized carbons (Fsp3) is 0.355. The maximum absolute atomic E-state index is 14.2. The molecule has 3 aliphatic rings. The van der Waals surface area contributed by atoms with Crippen LogP contribution < -0.4 is 9.62 Å². The molecule has 232 valence electrons. The lowest BCUT2D eigenvalue weighted by atomic mass is 9.68. The summed E-state index contributed by atoms with van der Waals surface area (Å²) in [6.07, 6.45) is -2.53. The molecule has 13 heteroatoms. The van der Waals surface area contributed by atoms with Crippen LogP contribution in [0.5, 0.6) is 0 Å². The summed E-state index contributed by atoms with van der Waals surface area (Å²) in [5, 5.41) is 2.45. The van der Waals surface area contributed by atoms with Gasteiger partial charge in [-0.05, 0) is 97.8 Å². The van der Waals surface area contributed by atoms with Crippen molar-refractivity contribution in [3.8, 4) is 0 Å². The van der Waals surface area contributed by atoms with Crippen molar-refractivity contribution in [3.63, 3.8) is 0 Å². The summed E-state index contributed by atoms with van der Waals surface area (Å²) in [6, 6.07) is 10.1. The van der Waals surface area contributed by atoms with Crippen molar-refractivity contribution >= 4 is 33.2 Å². The van der Waals surface area contributed by atoms with Gasteiger partial charge in [-0.25, -0.2) is 17.2 Å². The zero-order chi connectivity index (χ0) is 31.6. The number of anilines is 2. The minimum absolute atomic E-state index is 0.00109. The van der Waals surface area contributed by atoms with Crippen molar-refractivity contribution in [2.75, 3.05) is 22.7 Å². The van der Waals surface area contributed by atoms with Gasteiger partial charge in [-0.3, -0.25) is 13.9 Å². The van der Waals surface area contributed by atoms with Gasteiger partial charge in [-0.2, -0.15) is 13.2 Å². The number of benzene rings is 3. The predicted octanol–water partition coefficient (Wildman–Crippen LogP) is 6.10. The van der Waals surface area contributed by atoms with E-state index in [1.165, 1.54) is 35.5 Å². The molecule has 1 spiro atoms. The van der Waals surface area contributed by atoms with Crippen LogP contribution in [0.4, 0.5) is 33.3 Å². The van der Waals surface area contributed by atoms with E-state index >= 15 is 0 Å². The standard InChI is InChI=1S/C31H28F5N3O4S/c1-18(40)38-14-12-30(13-15-38)26-17-22(37-29(41)24-16-21(33)6-10-25(24)31(34,35)36)7-11-27(26)39(28(30)19-2-3-19)44(42,43)23-8-4-20(32)5-9-23/h4-11,16-17,19,28H,2-3,12-15H2,1H3,(H,37,41). The molecule has 44 heavy (non-hydrogen) atoms. The van der Waals surface area contributed by atoms with Gasteiger partial charge in [0.1, 0.15) is 11.6 Å². The molecular weight excluding hydrogens is 605 g/mol. The summed E-state index contributed by atoms with van der Waals surface area (Å²) in [6.45, 7) is 2.17. The van der Waals surface area contributed by atoms with Crippen LogP contribution in [0.1, 0.15) is 54.1 Å². The first-order chi connectivity index (χ1) is 20.7. The first-order valence-corrected chi connectivity index (χ1v) is 15.5. The molecule has 0 aromatic heterocycles. The number of nitrogens with zero attached hydrogens (tertiary/aromatic N) is 2. The maximum Gasteiger partial charge on any atom is 0.417 e. The second-order valence-electron chi connectivity index (χ2n) is 11.6. The van der Waals surface area contributed by atoms with Gasteiger partial charge in [0, 0.05) is 31.1 Å². The lowest BCUT2D eigenvalue weighted by Crippen LogP contribution is -2.54. The van der Waals surface area contributed by atoms with E-state index in [0.29, 0.717) is 55.4 Å². The number of fused-ring (bicyclic) bond motifs is 2. The van der Waals surface area contributed by atoms with Crippen LogP contribution >= 0.6 is 0 Å². The summed E-state index contributed by atoms with van der Waals surface area (Å²) >= 11 is 0. The van der Waals surface area contributed by atoms with Gasteiger partial charge in [0.15, 0.2) is 0 Å². The summed E-state index contributed by atoms with van der Waals surface area (Å²) in [7, 11) is -4.20. The van der Waals surface area contributed by atoms with Crippen LogP contribution in [0.2, 0.25) is 0 Å². The first-order valence-electron chi connectivity index (χ1n) is 14.1. The molecule has 1 saturated carbocycles. The molecule has 1 N–H and O–H groups in total. The molecule has 6 rings (SSSR count). The number of amides is 2. The van der Waals surface area contributed by atoms with E-state index in [2.05, 4.69) is 5.32 Å². The van der Waals surface area contributed by atoms with E-state index in [1.54, 1.807) is 11.0 Å². The fourth-order valence-electron chi connectivity index (χ4n) is 6.73. The Kier molecular flexibility index (Phi) is 7.22. The summed E-state index contributed by atoms with van der Waals surface area (Å²) in [5.74, 6) is -2.90. The molecule has 3 aromatic carbocycles. The number of carbonyl (C=O) groups is 2. The number of rotatable bonds is 5. The Bertz CT molecular complexity index is 1750. The zero-order valence-electron chi connectivity index (χ0n) is 23.5. The second-order valence-corrected chi connectivity index (χ2v) is 13.4. The quantitative estimate of drug-likeness (QED) is 0.344. The lowest BCUT2D eigenvalue weighted by molar-refractivity contribution is -0.138. The monoisotopic (exact) mass is 633 g/mol. The Hall–Kier alpha value is -4.00. The van der Waals surface area contributed by atoms with Gasteiger partial charge in [0.05, 0.1) is 27.8 Å². The van der Waals surface area contributed by atoms with Crippen molar-refractivity contribution in [3.05, 3.63) is 89.0 Å². The number of alkyl halides is 3. The molecule has 2 fully saturated rings. The largest absolute Gasteiger partial charge is 0.417 e. The van der Waals surface area contributed by atoms with Gasteiger partial charge >= 0.3 is 6.18 Å². The van der Waals surface area contributed by atoms with Crippen LogP contribution in [0.3, 0.4) is 0 Å². The van der Waals surface area contributed by atoms with Gasteiger partial charge in [-0.15, -0.1) is 0 Å². The topological polar surface area (TPSA) is 86.8 Å². The third-order valence-corrected chi connectivity index (χ3v) is 10.7. The Morgan fingerprint density at radius 2 is 1.55 bits per heavy atom. The van der Waals surface area contributed by atoms with Crippen molar-refractivity contribution in [1.82, 2.24) is 4.90 Å². The lowest BCUT2D eigenvalue weighted by Gasteiger charge is -2.45. The smallest absolute Gasteiger partial charge is 0.343 e. The Labute approximate surface area is 250 Å². The molecule has 0 radical (unpaired) electrons. The Balaban J connectivity index is 1.45. The Morgan fingerprint density at radius 1 is 0.909 bits per heavy atom. The highest BCUT2D eigenvalue weighted by molar-refractivity contribution is 7.92. The number of carbonyl (C=O) groups excluding carboxylic acids is 2. The molecule has 2 heterocycles. The van der Waals surface area contributed by atoms with Crippen LogP contribution in [-0.4, -0.2) is 44.3 Å². The minimum atomic E-state index is -4.90. The number of nitrogens with one attached hydrogen (secondary N) is 1. The average molecular weight is 634 g/mol. The maximum atomic E-state index is 14.2. The predicted molar refractivity (Wildman–Crippen MR) is 152 cm³/mol. The van der Waals surface area contributed by atoms with Gasteiger partial charge in [-0.1, -0.05) is 0 Å². The van der Waals surface area contributed by atoms with Crippen LogP contribution in [0.15, 0.2) is 65.6 Å². The summed E-state index contributed by atoms with van der Waals surface area (Å²) in [5.41, 5.74) is -1.92. The van der Waals surface area contributed by atoms with Crippen molar-refractivity contribution in [2.45, 2.75) is 55.1 Å². The molecule has 0 bridgehead atoms. The van der Waals surface area contributed by atoms with Crippen LogP contribution in [0.25, 0.3) is 0 Å². The molecular formula is C31H28F5N3O4S. The molecule has 1 unspecified atom stereocenters. The van der Waals surface area contributed by atoms with Crippen molar-refractivity contribution in [2.24, 2.45) is 5.92 Å². The third kappa shape index (κ3) is 5.10. The highest BCUT2D eigenvalue weighted by Crippen LogP contribution is 2.59. The first kappa shape index (κ1) is 30.0. The average Bonchev–Trinajstić information content (AvgIpc) is 3.77. The molecule has 1 atom stereocenters. The van der Waals surface area contributed by atoms with Gasteiger partial charge < -0.3 is 10.2 Å². The number of halogens is 5. The van der Waals surface area contributed by atoms with E-state index in [-0.39, 0.29) is 22.4 Å². The van der Waals surface area contributed by atoms with Gasteiger partial charge in [0.2, 0.25) is 5.91 Å². The highest BCUT2D eigenvalue weighted by Gasteiger charge is 2.60. The minimum Gasteiger partial charge on any atom is -0.343 e. The summed E-state index contributed by atoms with van der Waals surface area (Å²) < 4.78 is 98.2. The number of piperidine rings is 1. The second kappa shape index (κ2) is 10.6.